The molecule has 0 amide bonds. The zero-order valence-corrected chi connectivity index (χ0v) is 17.1. The maximum atomic E-state index is 13.1. The van der Waals surface area contributed by atoms with Crippen LogP contribution in [0.2, 0.25) is 0 Å². The molecule has 150 valence electrons. The van der Waals surface area contributed by atoms with E-state index in [1.165, 1.54) is 4.68 Å². The largest absolute Gasteiger partial charge is 0.341 e. The van der Waals surface area contributed by atoms with Crippen molar-refractivity contribution in [1.82, 2.24) is 29.1 Å². The molecule has 31 heavy (non-hydrogen) atoms. The Kier molecular flexibility index (Phi) is 4.03. The number of nitrogens with zero attached hydrogens (tertiary/aromatic N) is 6. The van der Waals surface area contributed by atoms with E-state index in [0.717, 1.165) is 27.2 Å². The molecule has 1 aromatic carbocycles. The highest BCUT2D eigenvalue weighted by Crippen LogP contribution is 2.32. The molecule has 0 unspecified atom stereocenters. The van der Waals surface area contributed by atoms with Gasteiger partial charge < -0.3 is 4.57 Å². The minimum absolute atomic E-state index is 0.126. The van der Waals surface area contributed by atoms with Crippen LogP contribution < -0.4 is 5.56 Å². The van der Waals surface area contributed by atoms with Crippen LogP contribution in [0.1, 0.15) is 5.56 Å². The zero-order chi connectivity index (χ0) is 20.8. The van der Waals surface area contributed by atoms with E-state index in [4.69, 9.17) is 0 Å². The van der Waals surface area contributed by atoms with Gasteiger partial charge in [-0.05, 0) is 47.3 Å². The number of rotatable bonds is 4. The van der Waals surface area contributed by atoms with Gasteiger partial charge in [-0.3, -0.25) is 9.78 Å². The van der Waals surface area contributed by atoms with Crippen LogP contribution in [0, 0.1) is 0 Å². The van der Waals surface area contributed by atoms with Crippen LogP contribution in [0.15, 0.2) is 89.7 Å². The molecule has 0 N–H and O–H groups in total. The van der Waals surface area contributed by atoms with Crippen LogP contribution in [0.3, 0.4) is 0 Å². The molecule has 0 aliphatic carbocycles. The molecule has 0 bridgehead atoms. The van der Waals surface area contributed by atoms with E-state index in [-0.39, 0.29) is 5.56 Å². The first-order chi connectivity index (χ1) is 15.3. The molecular weight excluding hydrogens is 408 g/mol. The van der Waals surface area contributed by atoms with Crippen molar-refractivity contribution in [2.45, 2.75) is 6.54 Å². The van der Waals surface area contributed by atoms with Crippen LogP contribution in [0.5, 0.6) is 0 Å². The van der Waals surface area contributed by atoms with E-state index in [1.54, 1.807) is 42.1 Å². The molecule has 8 heteroatoms. The van der Waals surface area contributed by atoms with Crippen molar-refractivity contribution < 1.29 is 0 Å². The molecule has 2 aliphatic rings. The quantitative estimate of drug-likeness (QED) is 0.429. The van der Waals surface area contributed by atoms with E-state index < -0.39 is 0 Å². The predicted molar refractivity (Wildman–Crippen MR) is 120 cm³/mol. The summed E-state index contributed by atoms with van der Waals surface area (Å²) < 4.78 is 6.42. The van der Waals surface area contributed by atoms with Crippen molar-refractivity contribution in [2.24, 2.45) is 0 Å². The summed E-state index contributed by atoms with van der Waals surface area (Å²) in [5.41, 5.74) is 5.14. The maximum Gasteiger partial charge on any atom is 0.282 e. The van der Waals surface area contributed by atoms with Crippen molar-refractivity contribution in [1.29, 1.82) is 0 Å². The van der Waals surface area contributed by atoms with E-state index in [9.17, 15) is 4.79 Å². The van der Waals surface area contributed by atoms with Crippen LogP contribution in [0.4, 0.5) is 0 Å². The molecular formula is C23H16N6OS. The lowest BCUT2D eigenvalue weighted by Crippen LogP contribution is -2.15. The van der Waals surface area contributed by atoms with Crippen LogP contribution >= 0.6 is 11.3 Å². The van der Waals surface area contributed by atoms with Gasteiger partial charge in [0, 0.05) is 37.5 Å². The van der Waals surface area contributed by atoms with Crippen molar-refractivity contribution in [2.75, 3.05) is 0 Å². The summed E-state index contributed by atoms with van der Waals surface area (Å²) in [5, 5.41) is 10.9. The minimum atomic E-state index is -0.126. The average Bonchev–Trinajstić information content (AvgIpc) is 3.56. The summed E-state index contributed by atoms with van der Waals surface area (Å²) in [6.45, 7) is 0.655. The second-order valence-corrected chi connectivity index (χ2v) is 8.11. The Bertz CT molecular complexity index is 1510. The lowest BCUT2D eigenvalue weighted by atomic mass is 10.1. The first-order valence-corrected chi connectivity index (χ1v) is 10.6. The van der Waals surface area contributed by atoms with Crippen LogP contribution in [0.25, 0.3) is 32.8 Å². The summed E-state index contributed by atoms with van der Waals surface area (Å²) in [6.07, 6.45) is 8.92. The lowest BCUT2D eigenvalue weighted by molar-refractivity contribution is 0.825. The summed E-state index contributed by atoms with van der Waals surface area (Å²) in [6, 6.07) is 15.8. The third kappa shape index (κ3) is 2.96. The summed E-state index contributed by atoms with van der Waals surface area (Å²) in [4.78, 5) is 17.2. The fraction of sp³-hybridized carbons (Fsp3) is 0.0435. The SMILES string of the molecule is O=c1c2cn(Cc3ccc(-n4cccn4)cc3)c3ccsc3c-2nn1-c1ccncc1. The normalized spacial score (nSPS) is 11.5. The number of fused-ring (bicyclic) bond motifs is 3. The third-order valence-corrected chi connectivity index (χ3v) is 6.21. The molecule has 0 atom stereocenters. The van der Waals surface area contributed by atoms with Gasteiger partial charge in [-0.1, -0.05) is 12.1 Å². The molecule has 0 saturated heterocycles. The number of hydrogen-bond acceptors (Lipinski definition) is 5. The van der Waals surface area contributed by atoms with Gasteiger partial charge >= 0.3 is 0 Å². The average molecular weight is 424 g/mol. The summed E-state index contributed by atoms with van der Waals surface area (Å²) >= 11 is 1.60. The second-order valence-electron chi connectivity index (χ2n) is 7.19. The third-order valence-electron chi connectivity index (χ3n) is 5.30. The van der Waals surface area contributed by atoms with Crippen molar-refractivity contribution in [3.63, 3.8) is 0 Å². The highest BCUT2D eigenvalue weighted by Gasteiger charge is 2.21. The van der Waals surface area contributed by atoms with E-state index >= 15 is 0 Å². The monoisotopic (exact) mass is 424 g/mol. The lowest BCUT2D eigenvalue weighted by Gasteiger charge is -2.12. The molecule has 0 spiro atoms. The number of hydrogen-bond donors (Lipinski definition) is 0. The Morgan fingerprint density at radius 2 is 1.77 bits per heavy atom. The predicted octanol–water partition coefficient (Wildman–Crippen LogP) is 3.98. The Labute approximate surface area is 180 Å². The van der Waals surface area contributed by atoms with E-state index in [0.29, 0.717) is 17.8 Å². The highest BCUT2D eigenvalue weighted by molar-refractivity contribution is 7.17. The molecule has 6 rings (SSSR count). The second kappa shape index (κ2) is 7.03. The van der Waals surface area contributed by atoms with E-state index in [2.05, 4.69) is 37.9 Å². The maximum absolute atomic E-state index is 13.1. The standard InChI is InChI=1S/C23H16N6OS/c30-23-19-15-27(14-16-2-4-17(5-3-16)28-12-1-9-25-28)20-8-13-31-22(20)21(19)26-29(23)18-6-10-24-11-7-18/h1-13,15H,14H2. The van der Waals surface area contributed by atoms with Crippen molar-refractivity contribution in [3.05, 3.63) is 101 Å². The fourth-order valence-corrected chi connectivity index (χ4v) is 4.69. The molecule has 0 fully saturated rings. The Hall–Kier alpha value is -4.04. The zero-order valence-electron chi connectivity index (χ0n) is 16.3. The summed E-state index contributed by atoms with van der Waals surface area (Å²) in [5.74, 6) is 0. The van der Waals surface area contributed by atoms with Gasteiger partial charge in [-0.15, -0.1) is 11.3 Å². The Morgan fingerprint density at radius 3 is 2.55 bits per heavy atom. The van der Waals surface area contributed by atoms with Gasteiger partial charge in [0.25, 0.3) is 5.56 Å². The van der Waals surface area contributed by atoms with Crippen LogP contribution in [-0.2, 0) is 6.54 Å². The first-order valence-electron chi connectivity index (χ1n) is 9.77. The van der Waals surface area contributed by atoms with Crippen molar-refractivity contribution in [3.8, 4) is 22.6 Å². The Balaban J connectivity index is 1.45. The fourth-order valence-electron chi connectivity index (χ4n) is 3.79. The first kappa shape index (κ1) is 17.8. The highest BCUT2D eigenvalue weighted by atomic mass is 32.1. The van der Waals surface area contributed by atoms with Gasteiger partial charge in [0.05, 0.1) is 27.2 Å². The topological polar surface area (TPSA) is 70.5 Å². The minimum Gasteiger partial charge on any atom is -0.341 e. The number of thiophene rings is 1. The number of benzene rings is 1. The van der Waals surface area contributed by atoms with Gasteiger partial charge in [0.15, 0.2) is 0 Å². The van der Waals surface area contributed by atoms with Gasteiger partial charge in [0.2, 0.25) is 0 Å². The molecule has 7 nitrogen and oxygen atoms in total. The molecule has 0 radical (unpaired) electrons. The number of aromatic nitrogens is 6. The molecule has 2 aliphatic heterocycles. The molecule has 3 aromatic heterocycles. The Morgan fingerprint density at radius 1 is 0.935 bits per heavy atom. The number of pyridine rings is 2. The van der Waals surface area contributed by atoms with Crippen LogP contribution in [-0.4, -0.2) is 29.1 Å². The molecule has 5 heterocycles. The summed E-state index contributed by atoms with van der Waals surface area (Å²) in [7, 11) is 0. The van der Waals surface area contributed by atoms with Crippen molar-refractivity contribution >= 4 is 21.6 Å². The van der Waals surface area contributed by atoms with Gasteiger partial charge in [-0.2, -0.15) is 14.9 Å². The van der Waals surface area contributed by atoms with E-state index in [1.807, 2.05) is 40.7 Å². The van der Waals surface area contributed by atoms with Gasteiger partial charge in [-0.25, -0.2) is 4.68 Å². The van der Waals surface area contributed by atoms with Gasteiger partial charge in [0.1, 0.15) is 5.69 Å². The molecule has 0 saturated carbocycles. The molecule has 4 aromatic rings. The smallest absolute Gasteiger partial charge is 0.282 e.